The van der Waals surface area contributed by atoms with Crippen molar-refractivity contribution in [1.82, 2.24) is 9.88 Å². The van der Waals surface area contributed by atoms with Crippen molar-refractivity contribution >= 4 is 17.4 Å². The number of allylic oxidation sites excluding steroid dienone is 1. The molecule has 3 nitrogen and oxygen atoms in total. The highest BCUT2D eigenvalue weighted by molar-refractivity contribution is 6.18. The Morgan fingerprint density at radius 1 is 1.61 bits per heavy atom. The van der Waals surface area contributed by atoms with Crippen molar-refractivity contribution in [2.75, 3.05) is 19.5 Å². The fourth-order valence-electron chi connectivity index (χ4n) is 2.34. The van der Waals surface area contributed by atoms with Gasteiger partial charge < -0.3 is 15.0 Å². The summed E-state index contributed by atoms with van der Waals surface area (Å²) in [4.78, 5) is 5.16. The minimum absolute atomic E-state index is 0.241. The predicted octanol–water partition coefficient (Wildman–Crippen LogP) is 3.08. The van der Waals surface area contributed by atoms with Crippen LogP contribution in [0, 0.1) is 12.8 Å². The van der Waals surface area contributed by atoms with Crippen LogP contribution in [0.15, 0.2) is 24.5 Å². The van der Waals surface area contributed by atoms with E-state index < -0.39 is 0 Å². The number of H-pyrrole nitrogens is 1. The molecule has 0 aromatic carbocycles. The van der Waals surface area contributed by atoms with Gasteiger partial charge in [-0.05, 0) is 30.4 Å². The largest absolute Gasteiger partial charge is 0.506 e. The van der Waals surface area contributed by atoms with E-state index >= 15 is 0 Å². The van der Waals surface area contributed by atoms with Crippen molar-refractivity contribution < 1.29 is 5.11 Å². The van der Waals surface area contributed by atoms with Crippen molar-refractivity contribution in [3.63, 3.8) is 0 Å². The van der Waals surface area contributed by atoms with Gasteiger partial charge in [-0.15, -0.1) is 11.6 Å². The third-order valence-electron chi connectivity index (χ3n) is 3.50. The molecule has 98 valence electrons. The Kier molecular flexibility index (Phi) is 3.71. The van der Waals surface area contributed by atoms with E-state index in [1.807, 2.05) is 25.1 Å². The van der Waals surface area contributed by atoms with Crippen LogP contribution in [0.4, 0.5) is 0 Å². The van der Waals surface area contributed by atoms with E-state index in [-0.39, 0.29) is 5.76 Å². The van der Waals surface area contributed by atoms with Crippen LogP contribution >= 0.6 is 11.6 Å². The molecule has 1 aromatic rings. The second kappa shape index (κ2) is 5.11. The van der Waals surface area contributed by atoms with Crippen molar-refractivity contribution in [2.24, 2.45) is 5.92 Å². The molecule has 0 radical (unpaired) electrons. The second-order valence-corrected chi connectivity index (χ2v) is 5.26. The lowest BCUT2D eigenvalue weighted by Crippen LogP contribution is -2.26. The zero-order chi connectivity index (χ0) is 13.3. The molecule has 0 aliphatic carbocycles. The van der Waals surface area contributed by atoms with Crippen molar-refractivity contribution in [2.45, 2.75) is 13.3 Å². The van der Waals surface area contributed by atoms with Crippen molar-refractivity contribution in [3.8, 4) is 0 Å². The highest BCUT2D eigenvalue weighted by atomic mass is 35.5. The smallest absolute Gasteiger partial charge is 0.141 e. The quantitative estimate of drug-likeness (QED) is 0.767. The molecule has 0 spiro atoms. The van der Waals surface area contributed by atoms with Gasteiger partial charge in [-0.25, -0.2) is 0 Å². The first-order valence-corrected chi connectivity index (χ1v) is 6.60. The van der Waals surface area contributed by atoms with E-state index in [2.05, 4.69) is 11.6 Å². The van der Waals surface area contributed by atoms with Crippen LogP contribution in [0.3, 0.4) is 0 Å². The van der Waals surface area contributed by atoms with Gasteiger partial charge in [-0.1, -0.05) is 6.58 Å². The molecule has 1 aliphatic rings. The van der Waals surface area contributed by atoms with Gasteiger partial charge in [0.05, 0.1) is 5.69 Å². The summed E-state index contributed by atoms with van der Waals surface area (Å²) in [6.07, 6.45) is 4.49. The minimum Gasteiger partial charge on any atom is -0.506 e. The van der Waals surface area contributed by atoms with Crippen LogP contribution < -0.4 is 0 Å². The monoisotopic (exact) mass is 266 g/mol. The summed E-state index contributed by atoms with van der Waals surface area (Å²) >= 11 is 6.05. The molecule has 0 bridgehead atoms. The number of hydrogen-bond donors (Lipinski definition) is 2. The fraction of sp³-hybridized carbons (Fsp3) is 0.429. The first-order chi connectivity index (χ1) is 8.52. The van der Waals surface area contributed by atoms with E-state index in [1.54, 1.807) is 6.08 Å². The summed E-state index contributed by atoms with van der Waals surface area (Å²) < 4.78 is 0. The maximum Gasteiger partial charge on any atom is 0.141 e. The van der Waals surface area contributed by atoms with Crippen LogP contribution in [0.5, 0.6) is 0 Å². The normalized spacial score (nSPS) is 23.7. The number of aliphatic hydroxyl groups is 1. The number of aromatic amines is 1. The van der Waals surface area contributed by atoms with E-state index in [9.17, 15) is 5.11 Å². The Morgan fingerprint density at radius 3 is 3.00 bits per heavy atom. The first kappa shape index (κ1) is 13.1. The lowest BCUT2D eigenvalue weighted by atomic mass is 9.98. The molecular weight excluding hydrogens is 248 g/mol. The maximum atomic E-state index is 10.2. The topological polar surface area (TPSA) is 39.3 Å². The Balaban J connectivity index is 2.47. The number of hydrogen-bond acceptors (Lipinski definition) is 2. The number of likely N-dealkylation sites (N-methyl/N-ethyl adjacent to an activating group) is 1. The molecule has 18 heavy (non-hydrogen) atoms. The zero-order valence-corrected chi connectivity index (χ0v) is 11.6. The summed E-state index contributed by atoms with van der Waals surface area (Å²) in [5.41, 5.74) is 3.90. The van der Waals surface area contributed by atoms with E-state index in [1.165, 1.54) is 0 Å². The summed E-state index contributed by atoms with van der Waals surface area (Å²) in [5, 5.41) is 10.2. The lowest BCUT2D eigenvalue weighted by Gasteiger charge is -2.24. The number of nitrogens with zero attached hydrogens (tertiary/aromatic N) is 1. The summed E-state index contributed by atoms with van der Waals surface area (Å²) in [6, 6.07) is 0. The highest BCUT2D eigenvalue weighted by Gasteiger charge is 2.20. The molecule has 1 atom stereocenters. The Hall–Kier alpha value is -1.35. The van der Waals surface area contributed by atoms with E-state index in [0.29, 0.717) is 11.8 Å². The third kappa shape index (κ3) is 2.41. The molecule has 2 N–H and O–H groups in total. The van der Waals surface area contributed by atoms with Gasteiger partial charge in [-0.3, -0.25) is 0 Å². The van der Waals surface area contributed by atoms with Crippen LogP contribution in [-0.2, 0) is 6.42 Å². The van der Waals surface area contributed by atoms with Gasteiger partial charge in [0.2, 0.25) is 0 Å². The summed E-state index contributed by atoms with van der Waals surface area (Å²) in [6.45, 7) is 6.86. The van der Waals surface area contributed by atoms with Crippen LogP contribution in [0.1, 0.15) is 16.8 Å². The third-order valence-corrected chi connectivity index (χ3v) is 3.94. The summed E-state index contributed by atoms with van der Waals surface area (Å²) in [7, 11) is 1.97. The second-order valence-electron chi connectivity index (χ2n) is 4.95. The van der Waals surface area contributed by atoms with Gasteiger partial charge >= 0.3 is 0 Å². The Morgan fingerprint density at radius 2 is 2.33 bits per heavy atom. The number of rotatable bonds is 1. The van der Waals surface area contributed by atoms with Gasteiger partial charge in [0.25, 0.3) is 0 Å². The number of aryl methyl sites for hydroxylation is 1. The SMILES string of the molecule is C=C1/C=C(/O)c2[nH]cc(C)c2CC(CCl)CN1C. The average molecular weight is 267 g/mol. The number of nitrogens with one attached hydrogen (secondary N) is 1. The van der Waals surface area contributed by atoms with E-state index in [0.717, 1.165) is 35.5 Å². The standard InChI is InChI=1S/C14H19ClN2O/c1-9-7-16-14-12(9)5-11(6-15)8-17(3)10(2)4-13(14)18/h4,7,11,16,18H,2,5-6,8H2,1,3H3/b13-4+. The molecule has 0 saturated carbocycles. The molecule has 1 aliphatic heterocycles. The highest BCUT2D eigenvalue weighted by Crippen LogP contribution is 2.26. The van der Waals surface area contributed by atoms with Crippen molar-refractivity contribution in [3.05, 3.63) is 41.4 Å². The van der Waals surface area contributed by atoms with Crippen LogP contribution in [0.2, 0.25) is 0 Å². The zero-order valence-electron chi connectivity index (χ0n) is 10.8. The predicted molar refractivity (Wildman–Crippen MR) is 75.8 cm³/mol. The maximum absolute atomic E-state index is 10.2. The lowest BCUT2D eigenvalue weighted by molar-refractivity contribution is 0.358. The molecule has 1 aromatic heterocycles. The van der Waals surface area contributed by atoms with Gasteiger partial charge in [0.15, 0.2) is 0 Å². The minimum atomic E-state index is 0.241. The fourth-order valence-corrected chi connectivity index (χ4v) is 2.55. The van der Waals surface area contributed by atoms with Crippen LogP contribution in [0.25, 0.3) is 5.76 Å². The first-order valence-electron chi connectivity index (χ1n) is 6.06. The number of aromatic nitrogens is 1. The molecule has 0 amide bonds. The Bertz CT molecular complexity index is 490. The molecular formula is C14H19ClN2O. The summed E-state index contributed by atoms with van der Waals surface area (Å²) in [5.74, 6) is 1.19. The molecule has 2 heterocycles. The van der Waals surface area contributed by atoms with Crippen LogP contribution in [-0.4, -0.2) is 34.5 Å². The Labute approximate surface area is 113 Å². The average Bonchev–Trinajstić information content (AvgIpc) is 2.70. The van der Waals surface area contributed by atoms with E-state index in [4.69, 9.17) is 11.6 Å². The number of fused-ring (bicyclic) bond motifs is 1. The molecule has 0 saturated heterocycles. The van der Waals surface area contributed by atoms with Gasteiger partial charge in [0, 0.05) is 37.4 Å². The molecule has 4 heteroatoms. The number of alkyl halides is 1. The number of halogens is 1. The molecule has 2 rings (SSSR count). The number of aliphatic hydroxyl groups excluding tert-OH is 1. The van der Waals surface area contributed by atoms with Gasteiger partial charge in [0.1, 0.15) is 5.76 Å². The van der Waals surface area contributed by atoms with Crippen molar-refractivity contribution in [1.29, 1.82) is 0 Å². The molecule has 0 fully saturated rings. The van der Waals surface area contributed by atoms with Gasteiger partial charge in [-0.2, -0.15) is 0 Å². The molecule has 1 unspecified atom stereocenters.